The second-order valence-corrected chi connectivity index (χ2v) is 3.57. The van der Waals surface area contributed by atoms with Crippen LogP contribution in [-0.2, 0) is 0 Å². The number of benzene rings is 1. The first-order valence-electron chi connectivity index (χ1n) is 4.86. The number of aromatic nitrogens is 1. The third-order valence-corrected chi connectivity index (χ3v) is 2.64. The van der Waals surface area contributed by atoms with Crippen LogP contribution in [0.5, 0.6) is 5.88 Å². The lowest BCUT2D eigenvalue weighted by Gasteiger charge is -1.97. The molecular weight excluding hydrogens is 222 g/mol. The minimum Gasteiger partial charge on any atom is -0.494 e. The van der Waals surface area contributed by atoms with Crippen molar-refractivity contribution in [2.45, 2.75) is 0 Å². The quantitative estimate of drug-likeness (QED) is 0.441. The highest BCUT2D eigenvalue weighted by atomic mass is 16.4. The number of nitrogens with zero attached hydrogens (tertiary/aromatic N) is 1. The average molecular weight is 229 g/mol. The summed E-state index contributed by atoms with van der Waals surface area (Å²) >= 11 is 0. The Balaban J connectivity index is 2.72. The van der Waals surface area contributed by atoms with Crippen molar-refractivity contribution in [3.8, 4) is 5.88 Å². The molecule has 0 bridgehead atoms. The zero-order valence-corrected chi connectivity index (χ0v) is 8.52. The molecule has 2 heterocycles. The molecule has 84 valence electrons. The van der Waals surface area contributed by atoms with Crippen molar-refractivity contribution < 1.29 is 9.52 Å². The Bertz CT molecular complexity index is 801. The number of nitrogens with one attached hydrogen (secondary N) is 2. The number of aromatic hydroxyl groups is 1. The van der Waals surface area contributed by atoms with Crippen LogP contribution in [0, 0.1) is 5.53 Å². The van der Waals surface area contributed by atoms with Gasteiger partial charge in [-0.3, -0.25) is 0 Å². The summed E-state index contributed by atoms with van der Waals surface area (Å²) in [5.41, 5.74) is 6.78. The van der Waals surface area contributed by atoms with Gasteiger partial charge < -0.3 is 14.5 Å². The van der Waals surface area contributed by atoms with Gasteiger partial charge in [-0.05, 0) is 6.07 Å². The van der Waals surface area contributed by atoms with E-state index in [4.69, 9.17) is 9.95 Å². The molecule has 0 saturated heterocycles. The van der Waals surface area contributed by atoms with E-state index in [-0.39, 0.29) is 17.1 Å². The third-order valence-electron chi connectivity index (χ3n) is 2.64. The highest BCUT2D eigenvalue weighted by molar-refractivity contribution is 6.11. The first-order chi connectivity index (χ1) is 8.22. The van der Waals surface area contributed by atoms with Crippen molar-refractivity contribution in [1.29, 1.82) is 5.53 Å². The Kier molecular flexibility index (Phi) is 1.79. The Hall–Kier alpha value is -2.63. The number of para-hydroxylation sites is 1. The summed E-state index contributed by atoms with van der Waals surface area (Å²) in [7, 11) is 0. The van der Waals surface area contributed by atoms with Crippen molar-refractivity contribution in [2.75, 3.05) is 0 Å². The van der Waals surface area contributed by atoms with E-state index >= 15 is 0 Å². The summed E-state index contributed by atoms with van der Waals surface area (Å²) in [4.78, 5) is 14.2. The molecule has 17 heavy (non-hydrogen) atoms. The fourth-order valence-corrected chi connectivity index (χ4v) is 1.93. The van der Waals surface area contributed by atoms with Gasteiger partial charge in [0.2, 0.25) is 5.88 Å². The Morgan fingerprint density at radius 3 is 2.82 bits per heavy atom. The molecule has 0 saturated carbocycles. The molecular formula is C11H7N3O3. The number of hydrogen-bond donors (Lipinski definition) is 3. The molecule has 0 atom stereocenters. The van der Waals surface area contributed by atoms with Crippen LogP contribution < -0.4 is 5.63 Å². The molecule has 0 aliphatic rings. The van der Waals surface area contributed by atoms with Crippen LogP contribution in [0.1, 0.15) is 0 Å². The Morgan fingerprint density at radius 1 is 1.29 bits per heavy atom. The zero-order chi connectivity index (χ0) is 12.0. The lowest BCUT2D eigenvalue weighted by atomic mass is 10.1. The van der Waals surface area contributed by atoms with Crippen LogP contribution >= 0.6 is 0 Å². The van der Waals surface area contributed by atoms with E-state index in [9.17, 15) is 9.90 Å². The predicted octanol–water partition coefficient (Wildman–Crippen LogP) is 2.64. The van der Waals surface area contributed by atoms with E-state index in [0.717, 1.165) is 0 Å². The van der Waals surface area contributed by atoms with Crippen molar-refractivity contribution in [3.63, 3.8) is 0 Å². The smallest absolute Gasteiger partial charge is 0.349 e. The maximum atomic E-state index is 11.7. The van der Waals surface area contributed by atoms with E-state index in [1.165, 1.54) is 0 Å². The number of aromatic amines is 1. The van der Waals surface area contributed by atoms with E-state index in [2.05, 4.69) is 10.1 Å². The van der Waals surface area contributed by atoms with Crippen LogP contribution in [0.3, 0.4) is 0 Å². The minimum atomic E-state index is -0.651. The zero-order valence-electron chi connectivity index (χ0n) is 8.52. The van der Waals surface area contributed by atoms with Crippen LogP contribution in [-0.4, -0.2) is 10.1 Å². The molecule has 0 fully saturated rings. The maximum absolute atomic E-state index is 11.7. The average Bonchev–Trinajstić information content (AvgIpc) is 2.67. The fourth-order valence-electron chi connectivity index (χ4n) is 1.93. The van der Waals surface area contributed by atoms with Crippen molar-refractivity contribution in [2.24, 2.45) is 5.11 Å². The molecule has 0 aliphatic carbocycles. The molecule has 0 unspecified atom stereocenters. The molecule has 6 nitrogen and oxygen atoms in total. The van der Waals surface area contributed by atoms with Crippen LogP contribution in [0.2, 0.25) is 0 Å². The summed E-state index contributed by atoms with van der Waals surface area (Å²) in [6.45, 7) is 0. The molecule has 3 aromatic rings. The van der Waals surface area contributed by atoms with Crippen LogP contribution in [0.25, 0.3) is 21.7 Å². The molecule has 6 heteroatoms. The first-order valence-corrected chi connectivity index (χ1v) is 4.86. The molecule has 3 rings (SSSR count). The van der Waals surface area contributed by atoms with Crippen LogP contribution in [0.4, 0.5) is 5.82 Å². The van der Waals surface area contributed by atoms with Gasteiger partial charge in [0.15, 0.2) is 5.82 Å². The normalized spacial score (nSPS) is 11.1. The lowest BCUT2D eigenvalue weighted by Crippen LogP contribution is -1.97. The van der Waals surface area contributed by atoms with Gasteiger partial charge in [-0.1, -0.05) is 18.2 Å². The molecule has 0 radical (unpaired) electrons. The summed E-state index contributed by atoms with van der Waals surface area (Å²) in [6, 6.07) is 6.90. The number of H-pyrrole nitrogens is 1. The highest BCUT2D eigenvalue weighted by Gasteiger charge is 2.17. The molecule has 2 aromatic heterocycles. The summed E-state index contributed by atoms with van der Waals surface area (Å²) in [5, 5.41) is 13.9. The molecule has 0 amide bonds. The predicted molar refractivity (Wildman–Crippen MR) is 60.8 cm³/mol. The van der Waals surface area contributed by atoms with E-state index in [0.29, 0.717) is 16.4 Å². The third kappa shape index (κ3) is 1.17. The monoisotopic (exact) mass is 229 g/mol. The van der Waals surface area contributed by atoms with E-state index in [1.54, 1.807) is 24.3 Å². The second-order valence-electron chi connectivity index (χ2n) is 3.57. The summed E-state index contributed by atoms with van der Waals surface area (Å²) in [5.74, 6) is -0.188. The van der Waals surface area contributed by atoms with E-state index < -0.39 is 5.63 Å². The van der Waals surface area contributed by atoms with Crippen molar-refractivity contribution in [1.82, 2.24) is 4.98 Å². The van der Waals surface area contributed by atoms with Crippen LogP contribution in [0.15, 0.2) is 38.6 Å². The Labute approximate surface area is 94.0 Å². The summed E-state index contributed by atoms with van der Waals surface area (Å²) in [6.07, 6.45) is 0. The largest absolute Gasteiger partial charge is 0.494 e. The highest BCUT2D eigenvalue weighted by Crippen LogP contribution is 2.35. The van der Waals surface area contributed by atoms with Gasteiger partial charge in [0, 0.05) is 5.39 Å². The number of rotatable bonds is 1. The molecule has 0 spiro atoms. The molecule has 0 aliphatic heterocycles. The number of hydrogen-bond acceptors (Lipinski definition) is 5. The van der Waals surface area contributed by atoms with Gasteiger partial charge in [-0.15, -0.1) is 5.11 Å². The van der Waals surface area contributed by atoms with E-state index in [1.807, 2.05) is 0 Å². The second kappa shape index (κ2) is 3.18. The van der Waals surface area contributed by atoms with Gasteiger partial charge >= 0.3 is 5.63 Å². The topological polar surface area (TPSA) is 102 Å². The maximum Gasteiger partial charge on any atom is 0.349 e. The van der Waals surface area contributed by atoms with Gasteiger partial charge in [0.1, 0.15) is 11.0 Å². The van der Waals surface area contributed by atoms with Gasteiger partial charge in [0.05, 0.1) is 5.39 Å². The number of fused-ring (bicyclic) bond motifs is 3. The lowest BCUT2D eigenvalue weighted by molar-refractivity contribution is 0.460. The SMILES string of the molecule is N=Nc1[nH]c(O)c2c(=O)oc3ccccc3c12. The standard InChI is InChI=1S/C11H7N3O3/c12-14-9-7-5-3-1-2-4-6(5)17-11(16)8(7)10(15)13-9/h1-4,12-13,15H. The van der Waals surface area contributed by atoms with Gasteiger partial charge in [-0.2, -0.15) is 0 Å². The van der Waals surface area contributed by atoms with Gasteiger partial charge in [-0.25, -0.2) is 10.3 Å². The van der Waals surface area contributed by atoms with Crippen molar-refractivity contribution >= 4 is 27.6 Å². The Morgan fingerprint density at radius 2 is 2.06 bits per heavy atom. The minimum absolute atomic E-state index is 0.0229. The van der Waals surface area contributed by atoms with Gasteiger partial charge in [0.25, 0.3) is 0 Å². The summed E-state index contributed by atoms with van der Waals surface area (Å²) < 4.78 is 5.08. The fraction of sp³-hybridized carbons (Fsp3) is 0. The first kappa shape index (κ1) is 9.59. The molecule has 1 aromatic carbocycles. The van der Waals surface area contributed by atoms with Crippen molar-refractivity contribution in [3.05, 3.63) is 34.7 Å². The molecule has 3 N–H and O–H groups in total.